The van der Waals surface area contributed by atoms with Gasteiger partial charge >= 0.3 is 0 Å². The van der Waals surface area contributed by atoms with Crippen LogP contribution < -0.4 is 11.1 Å². The van der Waals surface area contributed by atoms with E-state index in [4.69, 9.17) is 5.73 Å². The van der Waals surface area contributed by atoms with E-state index in [1.807, 2.05) is 47.9 Å². The van der Waals surface area contributed by atoms with Crippen molar-refractivity contribution >= 4 is 29.3 Å². The molecule has 4 rings (SSSR count). The van der Waals surface area contributed by atoms with E-state index in [1.165, 1.54) is 11.8 Å². The lowest BCUT2D eigenvalue weighted by Crippen LogP contribution is -2.15. The first-order valence-electron chi connectivity index (χ1n) is 9.77. The van der Waals surface area contributed by atoms with Crippen molar-refractivity contribution in [3.05, 3.63) is 84.2 Å². The maximum Gasteiger partial charge on any atom is 0.248 e. The summed E-state index contributed by atoms with van der Waals surface area (Å²) in [6.07, 6.45) is 3.43. The number of rotatable bonds is 7. The first-order valence-corrected chi connectivity index (χ1v) is 10.8. The van der Waals surface area contributed by atoms with E-state index in [9.17, 15) is 9.59 Å². The summed E-state index contributed by atoms with van der Waals surface area (Å²) < 4.78 is 1.94. The molecule has 0 bridgehead atoms. The van der Waals surface area contributed by atoms with Crippen molar-refractivity contribution in [1.82, 2.24) is 19.7 Å². The lowest BCUT2D eigenvalue weighted by Gasteiger charge is -2.12. The molecule has 0 saturated carbocycles. The van der Waals surface area contributed by atoms with E-state index < -0.39 is 5.91 Å². The second kappa shape index (κ2) is 9.44. The fourth-order valence-electron chi connectivity index (χ4n) is 3.12. The lowest BCUT2D eigenvalue weighted by atomic mass is 10.2. The van der Waals surface area contributed by atoms with Gasteiger partial charge in [-0.1, -0.05) is 30.0 Å². The second-order valence-electron chi connectivity index (χ2n) is 6.95. The van der Waals surface area contributed by atoms with Gasteiger partial charge in [0.05, 0.1) is 11.4 Å². The minimum atomic E-state index is -0.515. The molecule has 160 valence electrons. The number of thioether (sulfide) groups is 1. The van der Waals surface area contributed by atoms with Crippen LogP contribution >= 0.6 is 11.8 Å². The van der Waals surface area contributed by atoms with Gasteiger partial charge in [0.15, 0.2) is 11.0 Å². The Hall–Kier alpha value is -3.98. The predicted octanol–water partition coefficient (Wildman–Crippen LogP) is 3.47. The van der Waals surface area contributed by atoms with Crippen molar-refractivity contribution in [3.8, 4) is 17.1 Å². The first-order chi connectivity index (χ1) is 15.5. The minimum Gasteiger partial charge on any atom is -0.366 e. The number of aromatic nitrogens is 4. The van der Waals surface area contributed by atoms with E-state index in [2.05, 4.69) is 20.5 Å². The molecule has 2 amide bonds. The van der Waals surface area contributed by atoms with E-state index in [0.717, 1.165) is 16.8 Å². The number of nitrogens with one attached hydrogen (secondary N) is 1. The number of primary amides is 1. The molecule has 4 aromatic rings. The van der Waals surface area contributed by atoms with Gasteiger partial charge in [-0.25, -0.2) is 0 Å². The number of para-hydroxylation sites is 1. The van der Waals surface area contributed by atoms with Gasteiger partial charge in [0.2, 0.25) is 11.8 Å². The van der Waals surface area contributed by atoms with Gasteiger partial charge in [-0.05, 0) is 55.0 Å². The van der Waals surface area contributed by atoms with Crippen LogP contribution in [0.5, 0.6) is 0 Å². The zero-order valence-electron chi connectivity index (χ0n) is 17.2. The summed E-state index contributed by atoms with van der Waals surface area (Å²) >= 11 is 1.28. The van der Waals surface area contributed by atoms with E-state index >= 15 is 0 Å². The molecular formula is C23H20N6O2S. The molecule has 3 N–H and O–H groups in total. The Morgan fingerprint density at radius 1 is 1.03 bits per heavy atom. The molecule has 2 heterocycles. The average molecular weight is 445 g/mol. The summed E-state index contributed by atoms with van der Waals surface area (Å²) in [6, 6.07) is 18.1. The number of pyridine rings is 1. The third-order valence-electron chi connectivity index (χ3n) is 4.69. The number of aryl methyl sites for hydroxylation is 1. The highest BCUT2D eigenvalue weighted by atomic mass is 32.2. The van der Waals surface area contributed by atoms with Gasteiger partial charge in [-0.3, -0.25) is 19.1 Å². The zero-order valence-corrected chi connectivity index (χ0v) is 18.0. The maximum atomic E-state index is 12.5. The largest absolute Gasteiger partial charge is 0.366 e. The topological polar surface area (TPSA) is 116 Å². The molecule has 9 heteroatoms. The van der Waals surface area contributed by atoms with Gasteiger partial charge in [-0.15, -0.1) is 10.2 Å². The number of carbonyl (C=O) groups excluding carboxylic acids is 2. The number of hydrogen-bond acceptors (Lipinski definition) is 6. The van der Waals surface area contributed by atoms with Crippen LogP contribution in [0.25, 0.3) is 17.1 Å². The van der Waals surface area contributed by atoms with Gasteiger partial charge in [0.25, 0.3) is 0 Å². The number of anilines is 1. The van der Waals surface area contributed by atoms with Crippen LogP contribution in [0.3, 0.4) is 0 Å². The van der Waals surface area contributed by atoms with Crippen LogP contribution in [0.1, 0.15) is 15.9 Å². The van der Waals surface area contributed by atoms with Crippen LogP contribution in [0.2, 0.25) is 0 Å². The van der Waals surface area contributed by atoms with Gasteiger partial charge < -0.3 is 11.1 Å². The quantitative estimate of drug-likeness (QED) is 0.422. The van der Waals surface area contributed by atoms with Crippen LogP contribution in [0, 0.1) is 6.92 Å². The third-order valence-corrected chi connectivity index (χ3v) is 5.62. The molecule has 0 aliphatic carbocycles. The molecule has 32 heavy (non-hydrogen) atoms. The summed E-state index contributed by atoms with van der Waals surface area (Å²) in [5, 5.41) is 12.1. The van der Waals surface area contributed by atoms with Crippen molar-refractivity contribution in [2.75, 3.05) is 11.1 Å². The highest BCUT2D eigenvalue weighted by Gasteiger charge is 2.18. The highest BCUT2D eigenvalue weighted by molar-refractivity contribution is 7.99. The lowest BCUT2D eigenvalue weighted by molar-refractivity contribution is -0.113. The minimum absolute atomic E-state index is 0.134. The number of nitrogens with two attached hydrogens (primary N) is 1. The maximum absolute atomic E-state index is 12.5. The molecule has 0 unspecified atom stereocenters. The van der Waals surface area contributed by atoms with Crippen molar-refractivity contribution < 1.29 is 9.59 Å². The molecule has 0 saturated heterocycles. The van der Waals surface area contributed by atoms with Crippen LogP contribution in [0.4, 0.5) is 5.69 Å². The summed E-state index contributed by atoms with van der Waals surface area (Å²) in [5.74, 6) is 0.0640. The molecule has 8 nitrogen and oxygen atoms in total. The number of amides is 2. The zero-order chi connectivity index (χ0) is 22.5. The summed E-state index contributed by atoms with van der Waals surface area (Å²) in [4.78, 5) is 27.9. The van der Waals surface area contributed by atoms with Crippen LogP contribution in [-0.2, 0) is 4.79 Å². The summed E-state index contributed by atoms with van der Waals surface area (Å²) in [6.45, 7) is 2.01. The van der Waals surface area contributed by atoms with Crippen molar-refractivity contribution in [3.63, 3.8) is 0 Å². The summed E-state index contributed by atoms with van der Waals surface area (Å²) in [5.41, 5.74) is 9.02. The van der Waals surface area contributed by atoms with Gasteiger partial charge in [0, 0.05) is 29.2 Å². The van der Waals surface area contributed by atoms with Crippen molar-refractivity contribution in [1.29, 1.82) is 0 Å². The smallest absolute Gasteiger partial charge is 0.248 e. The van der Waals surface area contributed by atoms with E-state index in [1.54, 1.807) is 36.7 Å². The second-order valence-corrected chi connectivity index (χ2v) is 7.89. The fourth-order valence-corrected chi connectivity index (χ4v) is 3.87. The van der Waals surface area contributed by atoms with E-state index in [0.29, 0.717) is 22.2 Å². The van der Waals surface area contributed by atoms with Gasteiger partial charge in [-0.2, -0.15) is 0 Å². The average Bonchev–Trinajstić information content (AvgIpc) is 3.23. The molecule has 2 aromatic carbocycles. The standard InChI is InChI=1S/C23H20N6O2S/c1-15-5-2-3-7-19(15)29-22(17-6-4-12-25-13-17)27-28-23(29)32-14-20(30)26-18-10-8-16(9-11-18)21(24)31/h2-13H,14H2,1H3,(H2,24,31)(H,26,30). The predicted molar refractivity (Wildman–Crippen MR) is 124 cm³/mol. The summed E-state index contributed by atoms with van der Waals surface area (Å²) in [7, 11) is 0. The Morgan fingerprint density at radius 2 is 1.81 bits per heavy atom. The molecule has 0 atom stereocenters. The number of hydrogen-bond donors (Lipinski definition) is 2. The van der Waals surface area contributed by atoms with Crippen LogP contribution in [-0.4, -0.2) is 37.3 Å². The molecular weight excluding hydrogens is 424 g/mol. The third kappa shape index (κ3) is 4.68. The molecule has 0 fully saturated rings. The number of carbonyl (C=O) groups is 2. The number of benzene rings is 2. The van der Waals surface area contributed by atoms with Crippen molar-refractivity contribution in [2.45, 2.75) is 12.1 Å². The Balaban J connectivity index is 1.56. The molecule has 0 radical (unpaired) electrons. The fraction of sp³-hybridized carbons (Fsp3) is 0.0870. The molecule has 2 aromatic heterocycles. The monoisotopic (exact) mass is 444 g/mol. The SMILES string of the molecule is Cc1ccccc1-n1c(SCC(=O)Nc2ccc(C(N)=O)cc2)nnc1-c1cccnc1. The van der Waals surface area contributed by atoms with Gasteiger partial charge in [0.1, 0.15) is 0 Å². The Morgan fingerprint density at radius 3 is 2.50 bits per heavy atom. The molecule has 0 spiro atoms. The molecule has 0 aliphatic rings. The highest BCUT2D eigenvalue weighted by Crippen LogP contribution is 2.29. The Labute approximate surface area is 188 Å². The Kier molecular flexibility index (Phi) is 6.27. The van der Waals surface area contributed by atoms with Crippen molar-refractivity contribution in [2.24, 2.45) is 5.73 Å². The number of nitrogens with zero attached hydrogens (tertiary/aromatic N) is 4. The Bertz CT molecular complexity index is 1260. The van der Waals surface area contributed by atoms with Crippen LogP contribution in [0.15, 0.2) is 78.2 Å². The molecule has 0 aliphatic heterocycles. The van der Waals surface area contributed by atoms with E-state index in [-0.39, 0.29) is 11.7 Å². The normalized spacial score (nSPS) is 10.7. The first kappa shape index (κ1) is 21.3.